The van der Waals surface area contributed by atoms with Gasteiger partial charge in [-0.15, -0.1) is 12.4 Å². The first kappa shape index (κ1) is 17.4. The number of methoxy groups -OCH3 is 1. The van der Waals surface area contributed by atoms with Crippen LogP contribution in [0.3, 0.4) is 0 Å². The fraction of sp³-hybridized carbons (Fsp3) is 0.800. The van der Waals surface area contributed by atoms with Crippen molar-refractivity contribution >= 4 is 24.4 Å². The zero-order valence-electron chi connectivity index (χ0n) is 10.3. The molecule has 0 fully saturated rings. The Morgan fingerprint density at radius 1 is 1.38 bits per heavy atom. The van der Waals surface area contributed by atoms with Crippen molar-refractivity contribution in [3.05, 3.63) is 0 Å². The van der Waals surface area contributed by atoms with Crippen molar-refractivity contribution in [1.82, 2.24) is 10.2 Å². The second kappa shape index (κ2) is 9.27. The van der Waals surface area contributed by atoms with E-state index in [0.29, 0.717) is 12.5 Å². The van der Waals surface area contributed by atoms with Crippen LogP contribution in [-0.4, -0.2) is 44.1 Å². The number of halogens is 1. The molecule has 0 saturated carbocycles. The summed E-state index contributed by atoms with van der Waals surface area (Å²) < 4.78 is 4.46. The normalized spacial score (nSPS) is 9.31. The van der Waals surface area contributed by atoms with Gasteiger partial charge in [0.1, 0.15) is 6.54 Å². The van der Waals surface area contributed by atoms with Crippen LogP contribution in [0.25, 0.3) is 0 Å². The fourth-order valence-electron chi connectivity index (χ4n) is 0.992. The van der Waals surface area contributed by atoms with E-state index >= 15 is 0 Å². The van der Waals surface area contributed by atoms with Crippen molar-refractivity contribution < 1.29 is 14.3 Å². The van der Waals surface area contributed by atoms with Gasteiger partial charge >= 0.3 is 6.09 Å². The Balaban J connectivity index is 0. The molecule has 0 radical (unpaired) electrons. The van der Waals surface area contributed by atoms with Crippen LogP contribution >= 0.6 is 12.4 Å². The Morgan fingerprint density at radius 3 is 2.38 bits per heavy atom. The predicted molar refractivity (Wildman–Crippen MR) is 64.7 cm³/mol. The molecule has 0 aromatic heterocycles. The molecule has 0 rings (SSSR count). The number of nitrogens with zero attached hydrogens (tertiary/aromatic N) is 1. The predicted octanol–water partition coefficient (Wildman–Crippen LogP) is 1.27. The number of carbonyl (C=O) groups excluding carboxylic acids is 2. The van der Waals surface area contributed by atoms with Gasteiger partial charge in [0, 0.05) is 13.6 Å². The molecular weight excluding hydrogens is 232 g/mol. The van der Waals surface area contributed by atoms with Crippen molar-refractivity contribution in [1.29, 1.82) is 0 Å². The SMILES string of the molecule is COC(=O)N(C)CC(=O)NCCC(C)C.Cl. The van der Waals surface area contributed by atoms with Gasteiger partial charge in [-0.3, -0.25) is 4.79 Å². The molecule has 0 saturated heterocycles. The standard InChI is InChI=1S/C10H20N2O3.ClH/c1-8(2)5-6-11-9(13)7-12(3)10(14)15-4;/h8H,5-7H2,1-4H3,(H,11,13);1H. The van der Waals surface area contributed by atoms with Crippen LogP contribution < -0.4 is 5.32 Å². The van der Waals surface area contributed by atoms with E-state index < -0.39 is 6.09 Å². The third-order valence-electron chi connectivity index (χ3n) is 1.91. The number of hydrogen-bond acceptors (Lipinski definition) is 3. The quantitative estimate of drug-likeness (QED) is 0.802. The van der Waals surface area contributed by atoms with E-state index in [9.17, 15) is 9.59 Å². The minimum atomic E-state index is -0.506. The highest BCUT2D eigenvalue weighted by Crippen LogP contribution is 1.96. The first-order valence-electron chi connectivity index (χ1n) is 5.03. The molecule has 0 aromatic rings. The summed E-state index contributed by atoms with van der Waals surface area (Å²) >= 11 is 0. The minimum Gasteiger partial charge on any atom is -0.453 e. The van der Waals surface area contributed by atoms with Gasteiger partial charge in [-0.1, -0.05) is 13.8 Å². The Hall–Kier alpha value is -0.970. The van der Waals surface area contributed by atoms with Crippen LogP contribution in [0.5, 0.6) is 0 Å². The Bertz CT molecular complexity index is 222. The smallest absolute Gasteiger partial charge is 0.409 e. The number of rotatable bonds is 5. The summed E-state index contributed by atoms with van der Waals surface area (Å²) in [5, 5.41) is 2.74. The molecule has 96 valence electrons. The highest BCUT2D eigenvalue weighted by Gasteiger charge is 2.11. The van der Waals surface area contributed by atoms with Crippen molar-refractivity contribution in [2.45, 2.75) is 20.3 Å². The molecule has 0 aliphatic carbocycles. The lowest BCUT2D eigenvalue weighted by atomic mass is 10.1. The molecule has 0 aliphatic heterocycles. The van der Waals surface area contributed by atoms with Crippen LogP contribution in [0.15, 0.2) is 0 Å². The molecule has 0 aliphatic rings. The maximum atomic E-state index is 11.3. The van der Waals surface area contributed by atoms with Crippen LogP contribution in [-0.2, 0) is 9.53 Å². The molecule has 0 aromatic carbocycles. The van der Waals surface area contributed by atoms with Crippen LogP contribution in [0.4, 0.5) is 4.79 Å². The number of amides is 2. The van der Waals surface area contributed by atoms with E-state index in [0.717, 1.165) is 6.42 Å². The topological polar surface area (TPSA) is 58.6 Å². The third kappa shape index (κ3) is 8.35. The molecule has 2 amide bonds. The summed E-state index contributed by atoms with van der Waals surface area (Å²) in [6.45, 7) is 4.86. The van der Waals surface area contributed by atoms with Gasteiger partial charge in [-0.25, -0.2) is 4.79 Å². The number of carbonyl (C=O) groups is 2. The molecule has 16 heavy (non-hydrogen) atoms. The van der Waals surface area contributed by atoms with Crippen LogP contribution in [0.2, 0.25) is 0 Å². The lowest BCUT2D eigenvalue weighted by Crippen LogP contribution is -2.38. The van der Waals surface area contributed by atoms with Gasteiger partial charge in [-0.2, -0.15) is 0 Å². The van der Waals surface area contributed by atoms with Crippen molar-refractivity contribution in [2.24, 2.45) is 5.92 Å². The zero-order valence-corrected chi connectivity index (χ0v) is 11.1. The Labute approximate surface area is 103 Å². The summed E-state index contributed by atoms with van der Waals surface area (Å²) in [5.41, 5.74) is 0. The maximum Gasteiger partial charge on any atom is 0.409 e. The number of nitrogens with one attached hydrogen (secondary N) is 1. The average molecular weight is 253 g/mol. The second-order valence-electron chi connectivity index (χ2n) is 3.86. The van der Waals surface area contributed by atoms with E-state index in [-0.39, 0.29) is 24.9 Å². The van der Waals surface area contributed by atoms with E-state index in [4.69, 9.17) is 0 Å². The van der Waals surface area contributed by atoms with E-state index in [1.807, 2.05) is 0 Å². The third-order valence-corrected chi connectivity index (χ3v) is 1.91. The van der Waals surface area contributed by atoms with E-state index in [1.54, 1.807) is 0 Å². The van der Waals surface area contributed by atoms with Crippen molar-refractivity contribution in [3.63, 3.8) is 0 Å². The minimum absolute atomic E-state index is 0. The van der Waals surface area contributed by atoms with Crippen LogP contribution in [0.1, 0.15) is 20.3 Å². The number of hydrogen-bond donors (Lipinski definition) is 1. The summed E-state index contributed by atoms with van der Waals surface area (Å²) in [5.74, 6) is 0.396. The Morgan fingerprint density at radius 2 is 1.94 bits per heavy atom. The lowest BCUT2D eigenvalue weighted by Gasteiger charge is -2.15. The largest absolute Gasteiger partial charge is 0.453 e. The molecular formula is C10H21ClN2O3. The summed E-state index contributed by atoms with van der Waals surface area (Å²) in [4.78, 5) is 23.5. The monoisotopic (exact) mass is 252 g/mol. The van der Waals surface area contributed by atoms with Gasteiger partial charge in [0.25, 0.3) is 0 Å². The molecule has 0 bridgehead atoms. The highest BCUT2D eigenvalue weighted by atomic mass is 35.5. The first-order chi connectivity index (χ1) is 6.97. The Kier molecular flexibility index (Phi) is 10.1. The summed E-state index contributed by atoms with van der Waals surface area (Å²) in [6.07, 6.45) is 0.433. The molecule has 0 atom stereocenters. The maximum absolute atomic E-state index is 11.3. The number of ether oxygens (including phenoxy) is 1. The van der Waals surface area contributed by atoms with Gasteiger partial charge in [-0.05, 0) is 12.3 Å². The van der Waals surface area contributed by atoms with Gasteiger partial charge < -0.3 is 15.0 Å². The average Bonchev–Trinajstić information content (AvgIpc) is 2.15. The summed E-state index contributed by atoms with van der Waals surface area (Å²) in [7, 11) is 2.81. The van der Waals surface area contributed by atoms with Gasteiger partial charge in [0.15, 0.2) is 0 Å². The van der Waals surface area contributed by atoms with Gasteiger partial charge in [0.05, 0.1) is 7.11 Å². The highest BCUT2D eigenvalue weighted by molar-refractivity contribution is 5.85. The zero-order chi connectivity index (χ0) is 11.8. The molecule has 5 nitrogen and oxygen atoms in total. The van der Waals surface area contributed by atoms with Gasteiger partial charge in [0.2, 0.25) is 5.91 Å². The second-order valence-corrected chi connectivity index (χ2v) is 3.86. The molecule has 0 unspecified atom stereocenters. The van der Waals surface area contributed by atoms with Crippen molar-refractivity contribution in [2.75, 3.05) is 27.2 Å². The fourth-order valence-corrected chi connectivity index (χ4v) is 0.992. The lowest BCUT2D eigenvalue weighted by molar-refractivity contribution is -0.121. The first-order valence-corrected chi connectivity index (χ1v) is 5.03. The molecule has 6 heteroatoms. The van der Waals surface area contributed by atoms with Crippen LogP contribution in [0, 0.1) is 5.92 Å². The summed E-state index contributed by atoms with van der Waals surface area (Å²) in [6, 6.07) is 0. The van der Waals surface area contributed by atoms with E-state index in [1.165, 1.54) is 19.1 Å². The molecule has 1 N–H and O–H groups in total. The number of likely N-dealkylation sites (N-methyl/N-ethyl adjacent to an activating group) is 1. The van der Waals surface area contributed by atoms with E-state index in [2.05, 4.69) is 23.9 Å². The van der Waals surface area contributed by atoms with Crippen molar-refractivity contribution in [3.8, 4) is 0 Å². The molecule has 0 heterocycles. The molecule has 0 spiro atoms.